The summed E-state index contributed by atoms with van der Waals surface area (Å²) in [4.78, 5) is 27.5. The summed E-state index contributed by atoms with van der Waals surface area (Å²) in [6.45, 7) is 2.09. The molecule has 0 fully saturated rings. The van der Waals surface area contributed by atoms with Crippen molar-refractivity contribution in [1.29, 1.82) is 0 Å². The van der Waals surface area contributed by atoms with E-state index in [-0.39, 0.29) is 18.4 Å². The SMILES string of the molecule is Cc1cc(C(=O)NCC(=O)NCc2ccccn2)nn1C. The number of hydrogen-bond acceptors (Lipinski definition) is 4. The number of hydrogen-bond donors (Lipinski definition) is 2. The van der Waals surface area contributed by atoms with Gasteiger partial charge in [-0.2, -0.15) is 5.10 Å². The molecule has 0 aliphatic carbocycles. The molecule has 0 bridgehead atoms. The fraction of sp³-hybridized carbons (Fsp3) is 0.286. The second-order valence-electron chi connectivity index (χ2n) is 4.58. The smallest absolute Gasteiger partial charge is 0.272 e. The average molecular weight is 287 g/mol. The molecule has 0 atom stereocenters. The van der Waals surface area contributed by atoms with Gasteiger partial charge in [-0.25, -0.2) is 0 Å². The van der Waals surface area contributed by atoms with Crippen molar-refractivity contribution in [2.24, 2.45) is 7.05 Å². The van der Waals surface area contributed by atoms with E-state index in [2.05, 4.69) is 20.7 Å². The van der Waals surface area contributed by atoms with Gasteiger partial charge in [-0.15, -0.1) is 0 Å². The quantitative estimate of drug-likeness (QED) is 0.820. The summed E-state index contributed by atoms with van der Waals surface area (Å²) in [5, 5.41) is 9.25. The zero-order valence-electron chi connectivity index (χ0n) is 12.0. The molecule has 2 aromatic rings. The third-order valence-electron chi connectivity index (χ3n) is 2.95. The Kier molecular flexibility index (Phi) is 4.65. The van der Waals surface area contributed by atoms with E-state index in [1.807, 2.05) is 19.1 Å². The van der Waals surface area contributed by atoms with Gasteiger partial charge in [-0.1, -0.05) is 6.07 Å². The van der Waals surface area contributed by atoms with Crippen LogP contribution in [0.4, 0.5) is 0 Å². The number of amides is 2. The first kappa shape index (κ1) is 14.7. The molecular formula is C14H17N5O2. The molecule has 7 nitrogen and oxygen atoms in total. The standard InChI is InChI=1S/C14H17N5O2/c1-10-7-12(18-19(10)2)14(21)17-9-13(20)16-8-11-5-3-4-6-15-11/h3-7H,8-9H2,1-2H3,(H,16,20)(H,17,21). The Morgan fingerprint density at radius 2 is 2.10 bits per heavy atom. The molecule has 0 spiro atoms. The summed E-state index contributed by atoms with van der Waals surface area (Å²) in [5.41, 5.74) is 1.94. The molecule has 21 heavy (non-hydrogen) atoms. The van der Waals surface area contributed by atoms with Gasteiger partial charge in [-0.05, 0) is 25.1 Å². The molecule has 2 aromatic heterocycles. The first-order chi connectivity index (χ1) is 10.1. The molecule has 0 aliphatic rings. The molecule has 0 aliphatic heterocycles. The molecule has 0 saturated carbocycles. The minimum Gasteiger partial charge on any atom is -0.349 e. The molecule has 0 radical (unpaired) electrons. The Balaban J connectivity index is 1.77. The van der Waals surface area contributed by atoms with Crippen LogP contribution in [0.5, 0.6) is 0 Å². The molecule has 2 rings (SSSR count). The molecule has 7 heteroatoms. The lowest BCUT2D eigenvalue weighted by Crippen LogP contribution is -2.36. The number of carbonyl (C=O) groups excluding carboxylic acids is 2. The van der Waals surface area contributed by atoms with Gasteiger partial charge >= 0.3 is 0 Å². The van der Waals surface area contributed by atoms with E-state index in [1.165, 1.54) is 0 Å². The van der Waals surface area contributed by atoms with Crippen LogP contribution in [0.3, 0.4) is 0 Å². The van der Waals surface area contributed by atoms with Crippen molar-refractivity contribution in [1.82, 2.24) is 25.4 Å². The lowest BCUT2D eigenvalue weighted by molar-refractivity contribution is -0.120. The maximum absolute atomic E-state index is 11.8. The van der Waals surface area contributed by atoms with Crippen LogP contribution in [0.1, 0.15) is 21.9 Å². The van der Waals surface area contributed by atoms with E-state index in [0.29, 0.717) is 12.2 Å². The zero-order valence-corrected chi connectivity index (χ0v) is 12.0. The van der Waals surface area contributed by atoms with Gasteiger partial charge in [0, 0.05) is 18.9 Å². The van der Waals surface area contributed by atoms with Gasteiger partial charge in [0.2, 0.25) is 5.91 Å². The van der Waals surface area contributed by atoms with Gasteiger partial charge < -0.3 is 10.6 Å². The topological polar surface area (TPSA) is 88.9 Å². The summed E-state index contributed by atoms with van der Waals surface area (Å²) in [7, 11) is 1.76. The van der Waals surface area contributed by atoms with E-state index in [9.17, 15) is 9.59 Å². The second kappa shape index (κ2) is 6.65. The monoisotopic (exact) mass is 287 g/mol. The summed E-state index contributed by atoms with van der Waals surface area (Å²) in [5.74, 6) is -0.645. The van der Waals surface area contributed by atoms with Gasteiger partial charge in [0.15, 0.2) is 0 Å². The number of pyridine rings is 1. The van der Waals surface area contributed by atoms with Crippen molar-refractivity contribution < 1.29 is 9.59 Å². The number of rotatable bonds is 5. The zero-order chi connectivity index (χ0) is 15.2. The van der Waals surface area contributed by atoms with Crippen LogP contribution in [-0.2, 0) is 18.4 Å². The third kappa shape index (κ3) is 4.13. The van der Waals surface area contributed by atoms with Crippen molar-refractivity contribution in [3.8, 4) is 0 Å². The van der Waals surface area contributed by atoms with Crippen molar-refractivity contribution in [3.05, 3.63) is 47.5 Å². The molecule has 0 unspecified atom stereocenters. The van der Waals surface area contributed by atoms with Gasteiger partial charge in [-0.3, -0.25) is 19.3 Å². The van der Waals surface area contributed by atoms with E-state index in [1.54, 1.807) is 30.1 Å². The lowest BCUT2D eigenvalue weighted by atomic mass is 10.3. The van der Waals surface area contributed by atoms with E-state index in [0.717, 1.165) is 11.4 Å². The average Bonchev–Trinajstić information content (AvgIpc) is 2.83. The normalized spacial score (nSPS) is 10.2. The predicted octanol–water partition coefficient (Wildman–Crippen LogP) is 0.170. The largest absolute Gasteiger partial charge is 0.349 e. The summed E-state index contributed by atoms with van der Waals surface area (Å²) >= 11 is 0. The first-order valence-corrected chi connectivity index (χ1v) is 6.51. The van der Waals surface area contributed by atoms with Gasteiger partial charge in [0.1, 0.15) is 5.69 Å². The molecular weight excluding hydrogens is 270 g/mol. The number of carbonyl (C=O) groups is 2. The Labute approximate surface area is 122 Å². The Bertz CT molecular complexity index is 617. The summed E-state index contributed by atoms with van der Waals surface area (Å²) in [6, 6.07) is 7.14. The fourth-order valence-corrected chi connectivity index (χ4v) is 1.68. The van der Waals surface area contributed by atoms with E-state index >= 15 is 0 Å². The first-order valence-electron chi connectivity index (χ1n) is 6.51. The van der Waals surface area contributed by atoms with E-state index < -0.39 is 0 Å². The van der Waals surface area contributed by atoms with Crippen molar-refractivity contribution >= 4 is 11.8 Å². The van der Waals surface area contributed by atoms with Crippen LogP contribution >= 0.6 is 0 Å². The Morgan fingerprint density at radius 1 is 1.29 bits per heavy atom. The molecule has 0 saturated heterocycles. The highest BCUT2D eigenvalue weighted by Gasteiger charge is 2.12. The second-order valence-corrected chi connectivity index (χ2v) is 4.58. The van der Waals surface area contributed by atoms with Crippen molar-refractivity contribution in [3.63, 3.8) is 0 Å². The van der Waals surface area contributed by atoms with Crippen molar-refractivity contribution in [2.75, 3.05) is 6.54 Å². The van der Waals surface area contributed by atoms with Gasteiger partial charge in [0.05, 0.1) is 18.8 Å². The summed E-state index contributed by atoms with van der Waals surface area (Å²) in [6.07, 6.45) is 1.66. The van der Waals surface area contributed by atoms with Crippen LogP contribution in [0.2, 0.25) is 0 Å². The Hall–Kier alpha value is -2.70. The number of aryl methyl sites for hydroxylation is 2. The third-order valence-corrected chi connectivity index (χ3v) is 2.95. The molecule has 110 valence electrons. The van der Waals surface area contributed by atoms with Crippen LogP contribution < -0.4 is 10.6 Å². The molecule has 2 N–H and O–H groups in total. The molecule has 2 amide bonds. The number of nitrogens with one attached hydrogen (secondary N) is 2. The number of nitrogens with zero attached hydrogens (tertiary/aromatic N) is 3. The highest BCUT2D eigenvalue weighted by Crippen LogP contribution is 2.00. The maximum Gasteiger partial charge on any atom is 0.272 e. The minimum absolute atomic E-state index is 0.0959. The highest BCUT2D eigenvalue weighted by molar-refractivity contribution is 5.94. The fourth-order valence-electron chi connectivity index (χ4n) is 1.68. The van der Waals surface area contributed by atoms with E-state index in [4.69, 9.17) is 0 Å². The molecule has 0 aromatic carbocycles. The predicted molar refractivity (Wildman–Crippen MR) is 76.4 cm³/mol. The summed E-state index contributed by atoms with van der Waals surface area (Å²) < 4.78 is 1.61. The van der Waals surface area contributed by atoms with Crippen LogP contribution in [0, 0.1) is 6.92 Å². The van der Waals surface area contributed by atoms with Crippen LogP contribution in [0.15, 0.2) is 30.5 Å². The highest BCUT2D eigenvalue weighted by atomic mass is 16.2. The van der Waals surface area contributed by atoms with Crippen molar-refractivity contribution in [2.45, 2.75) is 13.5 Å². The Morgan fingerprint density at radius 3 is 2.71 bits per heavy atom. The lowest BCUT2D eigenvalue weighted by Gasteiger charge is -2.05. The van der Waals surface area contributed by atoms with Crippen LogP contribution in [-0.4, -0.2) is 33.1 Å². The van der Waals surface area contributed by atoms with Gasteiger partial charge in [0.25, 0.3) is 5.91 Å². The van der Waals surface area contributed by atoms with Crippen LogP contribution in [0.25, 0.3) is 0 Å². The molecule has 2 heterocycles. The maximum atomic E-state index is 11.8. The number of aromatic nitrogens is 3. The minimum atomic E-state index is -0.369.